The lowest BCUT2D eigenvalue weighted by molar-refractivity contribution is -0.138. The molecule has 0 saturated carbocycles. The molecule has 0 aliphatic rings. The second-order valence-electron chi connectivity index (χ2n) is 1.55. The van der Waals surface area contributed by atoms with E-state index >= 15 is 0 Å². The molecular weight excluding hydrogens is 154 g/mol. The van der Waals surface area contributed by atoms with Crippen LogP contribution in [0.25, 0.3) is 0 Å². The Morgan fingerprint density at radius 1 is 1.80 bits per heavy atom. The molecule has 0 saturated heterocycles. The minimum Gasteiger partial charge on any atom is -0.480 e. The van der Waals surface area contributed by atoms with Gasteiger partial charge in [-0.25, -0.2) is 4.79 Å². The van der Waals surface area contributed by atoms with Gasteiger partial charge in [-0.05, 0) is 7.05 Å². The summed E-state index contributed by atoms with van der Waals surface area (Å²) < 4.78 is 0. The molecule has 10 heavy (non-hydrogen) atoms. The lowest BCUT2D eigenvalue weighted by Gasteiger charge is -2.05. The van der Waals surface area contributed by atoms with Crippen molar-refractivity contribution in [2.24, 2.45) is 0 Å². The van der Waals surface area contributed by atoms with E-state index < -0.39 is 12.0 Å². The van der Waals surface area contributed by atoms with Crippen LogP contribution >= 0.6 is 12.6 Å². The van der Waals surface area contributed by atoms with Gasteiger partial charge >= 0.3 is 5.97 Å². The van der Waals surface area contributed by atoms with Crippen LogP contribution in [-0.2, 0) is 9.59 Å². The third kappa shape index (κ3) is 2.23. The molecule has 0 aliphatic carbocycles. The zero-order valence-electron chi connectivity index (χ0n) is 5.29. The normalized spacial score (nSPS) is 11.8. The highest BCUT2D eigenvalue weighted by atomic mass is 32.1. The topological polar surface area (TPSA) is 66.4 Å². The number of nitrogens with one attached hydrogen (secondary N) is 1. The number of thiol groups is 1. The largest absolute Gasteiger partial charge is 0.480 e. The SMILES string of the molecule is CNC(C(=O)O)C(S)=C=O. The van der Waals surface area contributed by atoms with E-state index in [0.717, 1.165) is 0 Å². The van der Waals surface area contributed by atoms with Crippen molar-refractivity contribution in [1.82, 2.24) is 5.32 Å². The maximum atomic E-state index is 10.2. The lowest BCUT2D eigenvalue weighted by Crippen LogP contribution is -2.34. The Kier molecular flexibility index (Phi) is 3.79. The van der Waals surface area contributed by atoms with Crippen molar-refractivity contribution in [2.75, 3.05) is 7.05 Å². The summed E-state index contributed by atoms with van der Waals surface area (Å²) in [5, 5.41) is 10.7. The minimum absolute atomic E-state index is 0.157. The molecule has 0 aromatic rings. The van der Waals surface area contributed by atoms with Crippen LogP contribution in [0.4, 0.5) is 0 Å². The van der Waals surface area contributed by atoms with Crippen LogP contribution in [-0.4, -0.2) is 30.1 Å². The van der Waals surface area contributed by atoms with Gasteiger partial charge in [-0.15, -0.1) is 12.6 Å². The van der Waals surface area contributed by atoms with E-state index in [9.17, 15) is 9.59 Å². The summed E-state index contributed by atoms with van der Waals surface area (Å²) in [4.78, 5) is 19.9. The maximum Gasteiger partial charge on any atom is 0.326 e. The number of carboxylic acid groups (broad SMARTS) is 1. The molecule has 0 rings (SSSR count). The summed E-state index contributed by atoms with van der Waals surface area (Å²) >= 11 is 3.59. The van der Waals surface area contributed by atoms with Crippen LogP contribution in [0.15, 0.2) is 4.91 Å². The van der Waals surface area contributed by atoms with Crippen LogP contribution in [0, 0.1) is 0 Å². The lowest BCUT2D eigenvalue weighted by atomic mass is 10.3. The summed E-state index contributed by atoms with van der Waals surface area (Å²) in [5.41, 5.74) is 0. The predicted octanol–water partition coefficient (Wildman–Crippen LogP) is -0.696. The summed E-state index contributed by atoms with van der Waals surface area (Å²) in [7, 11) is 1.42. The van der Waals surface area contributed by atoms with Gasteiger partial charge in [-0.1, -0.05) is 0 Å². The molecule has 5 heteroatoms. The molecule has 0 radical (unpaired) electrons. The van der Waals surface area contributed by atoms with Crippen molar-refractivity contribution in [2.45, 2.75) is 6.04 Å². The van der Waals surface area contributed by atoms with E-state index in [-0.39, 0.29) is 4.91 Å². The van der Waals surface area contributed by atoms with Gasteiger partial charge in [0.1, 0.15) is 12.0 Å². The number of carboxylic acids is 1. The molecule has 0 amide bonds. The van der Waals surface area contributed by atoms with Gasteiger partial charge in [0.15, 0.2) is 0 Å². The van der Waals surface area contributed by atoms with Gasteiger partial charge in [0.2, 0.25) is 0 Å². The molecule has 4 nitrogen and oxygen atoms in total. The number of aliphatic carboxylic acids is 1. The Morgan fingerprint density at radius 2 is 2.30 bits per heavy atom. The van der Waals surface area contributed by atoms with Crippen LogP contribution in [0.1, 0.15) is 0 Å². The second kappa shape index (κ2) is 4.11. The third-order valence-electron chi connectivity index (χ3n) is 0.914. The van der Waals surface area contributed by atoms with Gasteiger partial charge in [-0.2, -0.15) is 0 Å². The van der Waals surface area contributed by atoms with Gasteiger partial charge in [0, 0.05) is 0 Å². The molecule has 0 aliphatic heterocycles. The van der Waals surface area contributed by atoms with E-state index in [2.05, 4.69) is 17.9 Å². The molecule has 0 aromatic carbocycles. The van der Waals surface area contributed by atoms with Gasteiger partial charge < -0.3 is 10.4 Å². The van der Waals surface area contributed by atoms with Crippen molar-refractivity contribution in [1.29, 1.82) is 0 Å². The van der Waals surface area contributed by atoms with Crippen molar-refractivity contribution in [3.63, 3.8) is 0 Å². The molecule has 2 N–H and O–H groups in total. The fraction of sp³-hybridized carbons (Fsp3) is 0.400. The highest BCUT2D eigenvalue weighted by molar-refractivity contribution is 7.85. The van der Waals surface area contributed by atoms with Crippen molar-refractivity contribution in [3.05, 3.63) is 4.91 Å². The van der Waals surface area contributed by atoms with E-state index in [1.807, 2.05) is 0 Å². The Balaban J connectivity index is 4.36. The van der Waals surface area contributed by atoms with Gasteiger partial charge in [0.05, 0.1) is 4.91 Å². The fourth-order valence-corrected chi connectivity index (χ4v) is 0.676. The van der Waals surface area contributed by atoms with Crippen molar-refractivity contribution >= 4 is 24.5 Å². The zero-order chi connectivity index (χ0) is 8.15. The second-order valence-corrected chi connectivity index (χ2v) is 2.03. The first-order valence-corrected chi connectivity index (χ1v) is 2.92. The first-order valence-electron chi connectivity index (χ1n) is 2.47. The molecule has 0 spiro atoms. The summed E-state index contributed by atoms with van der Waals surface area (Å²) in [5.74, 6) is 0.242. The molecule has 1 unspecified atom stereocenters. The predicted molar refractivity (Wildman–Crippen MR) is 38.7 cm³/mol. The van der Waals surface area contributed by atoms with Gasteiger partial charge in [-0.3, -0.25) is 4.79 Å². The minimum atomic E-state index is -1.14. The van der Waals surface area contributed by atoms with E-state index in [1.165, 1.54) is 13.0 Å². The van der Waals surface area contributed by atoms with Crippen LogP contribution < -0.4 is 5.32 Å². The molecule has 0 heterocycles. The average molecular weight is 161 g/mol. The molecule has 0 bridgehead atoms. The molecule has 0 fully saturated rings. The molecule has 0 aromatic heterocycles. The maximum absolute atomic E-state index is 10.2. The Morgan fingerprint density at radius 3 is 2.40 bits per heavy atom. The Hall–Kier alpha value is -0.770. The van der Waals surface area contributed by atoms with Crippen LogP contribution in [0.5, 0.6) is 0 Å². The summed E-state index contributed by atoms with van der Waals surface area (Å²) in [6.45, 7) is 0. The quantitative estimate of drug-likeness (QED) is 0.378. The Bertz CT molecular complexity index is 185. The van der Waals surface area contributed by atoms with Crippen molar-refractivity contribution in [3.8, 4) is 0 Å². The monoisotopic (exact) mass is 161 g/mol. The van der Waals surface area contributed by atoms with Crippen LogP contribution in [0.3, 0.4) is 0 Å². The number of carbonyl (C=O) groups excluding carboxylic acids is 1. The fourth-order valence-electron chi connectivity index (χ4n) is 0.436. The van der Waals surface area contributed by atoms with Gasteiger partial charge in [0.25, 0.3) is 0 Å². The molecular formula is C5H7NO3S. The Labute approximate surface area is 63.3 Å². The molecule has 1 atom stereocenters. The van der Waals surface area contributed by atoms with Crippen LogP contribution in [0.2, 0.25) is 0 Å². The zero-order valence-corrected chi connectivity index (χ0v) is 6.18. The number of hydrogen-bond donors (Lipinski definition) is 3. The standard InChI is InChI=1S/C5H7NO3S/c1-6-4(5(8)9)3(10)2-7/h4,6,10H,1H3,(H,8,9). The number of carbonyl (C=O) groups is 1. The van der Waals surface area contributed by atoms with E-state index in [0.29, 0.717) is 0 Å². The number of hydrogen-bond acceptors (Lipinski definition) is 4. The van der Waals surface area contributed by atoms with E-state index in [1.54, 1.807) is 0 Å². The summed E-state index contributed by atoms with van der Waals surface area (Å²) in [6.07, 6.45) is 0. The van der Waals surface area contributed by atoms with E-state index in [4.69, 9.17) is 5.11 Å². The number of likely N-dealkylation sites (N-methyl/N-ethyl adjacent to an activating group) is 1. The highest BCUT2D eigenvalue weighted by Gasteiger charge is 2.17. The first-order chi connectivity index (χ1) is 4.63. The molecule has 56 valence electrons. The highest BCUT2D eigenvalue weighted by Crippen LogP contribution is 2.01. The van der Waals surface area contributed by atoms with Crippen molar-refractivity contribution < 1.29 is 14.7 Å². The smallest absolute Gasteiger partial charge is 0.326 e. The third-order valence-corrected chi connectivity index (χ3v) is 1.26. The number of rotatable bonds is 3. The first kappa shape index (κ1) is 9.23. The average Bonchev–Trinajstić information content (AvgIpc) is 1.88. The summed E-state index contributed by atoms with van der Waals surface area (Å²) in [6, 6.07) is -1.04.